The van der Waals surface area contributed by atoms with E-state index in [0.29, 0.717) is 0 Å². The molecule has 2 aromatic carbocycles. The van der Waals surface area contributed by atoms with Crippen LogP contribution in [-0.2, 0) is 6.54 Å². The fourth-order valence-corrected chi connectivity index (χ4v) is 3.01. The molecule has 23 heavy (non-hydrogen) atoms. The maximum atomic E-state index is 10.8. The minimum Gasteiger partial charge on any atom is -0.319 e. The number of nitro benzene ring substituents is 1. The molecule has 0 aliphatic rings. The van der Waals surface area contributed by atoms with Gasteiger partial charge in [-0.2, -0.15) is 0 Å². The maximum absolute atomic E-state index is 10.8. The summed E-state index contributed by atoms with van der Waals surface area (Å²) in [6, 6.07) is 14.9. The molecule has 6 heteroatoms. The maximum Gasteiger partial charge on any atom is 0.269 e. The molecule has 0 aliphatic carbocycles. The van der Waals surface area contributed by atoms with E-state index < -0.39 is 4.92 Å². The van der Waals surface area contributed by atoms with E-state index in [1.165, 1.54) is 11.6 Å². The zero-order valence-electron chi connectivity index (χ0n) is 12.5. The molecule has 0 saturated heterocycles. The first kappa shape index (κ1) is 15.2. The number of non-ortho nitro benzene ring substituents is 1. The van der Waals surface area contributed by atoms with Crippen molar-refractivity contribution in [1.29, 1.82) is 0 Å². The summed E-state index contributed by atoms with van der Waals surface area (Å²) in [5.41, 5.74) is 2.83. The Morgan fingerprint density at radius 2 is 2.00 bits per heavy atom. The Kier molecular flexibility index (Phi) is 4.34. The second-order valence-corrected chi connectivity index (χ2v) is 6.01. The van der Waals surface area contributed by atoms with Crippen LogP contribution in [0.2, 0.25) is 0 Å². The first-order valence-corrected chi connectivity index (χ1v) is 7.99. The molecule has 0 fully saturated rings. The standard InChI is InChI=1S/C17H15N3O2S/c1-13-11-15(20(21)22)7-8-16(13)18-17-19(9-10-23-17)12-14-5-3-2-4-6-14/h2-11H,12H2,1H3. The van der Waals surface area contributed by atoms with Crippen molar-refractivity contribution in [3.63, 3.8) is 0 Å². The van der Waals surface area contributed by atoms with Crippen LogP contribution in [0, 0.1) is 17.0 Å². The lowest BCUT2D eigenvalue weighted by atomic mass is 10.2. The van der Waals surface area contributed by atoms with E-state index in [4.69, 9.17) is 0 Å². The van der Waals surface area contributed by atoms with E-state index in [-0.39, 0.29) is 5.69 Å². The number of rotatable bonds is 4. The van der Waals surface area contributed by atoms with Crippen LogP contribution < -0.4 is 4.80 Å². The van der Waals surface area contributed by atoms with Crippen LogP contribution in [0.15, 0.2) is 65.1 Å². The molecule has 0 atom stereocenters. The summed E-state index contributed by atoms with van der Waals surface area (Å²) in [5, 5.41) is 12.8. The highest BCUT2D eigenvalue weighted by Crippen LogP contribution is 2.23. The van der Waals surface area contributed by atoms with Gasteiger partial charge < -0.3 is 4.57 Å². The fourth-order valence-electron chi connectivity index (χ4n) is 2.27. The minimum atomic E-state index is -0.391. The Hall–Kier alpha value is -2.73. The summed E-state index contributed by atoms with van der Waals surface area (Å²) in [7, 11) is 0. The van der Waals surface area contributed by atoms with Crippen LogP contribution in [0.4, 0.5) is 11.4 Å². The van der Waals surface area contributed by atoms with E-state index in [9.17, 15) is 10.1 Å². The van der Waals surface area contributed by atoms with E-state index in [1.54, 1.807) is 23.5 Å². The van der Waals surface area contributed by atoms with Crippen LogP contribution >= 0.6 is 11.3 Å². The summed E-state index contributed by atoms with van der Waals surface area (Å²) < 4.78 is 2.07. The largest absolute Gasteiger partial charge is 0.319 e. The molecule has 0 amide bonds. The number of hydrogen-bond donors (Lipinski definition) is 0. The van der Waals surface area contributed by atoms with Gasteiger partial charge in [-0.15, -0.1) is 11.3 Å². The smallest absolute Gasteiger partial charge is 0.269 e. The topological polar surface area (TPSA) is 60.4 Å². The van der Waals surface area contributed by atoms with Gasteiger partial charge in [0.05, 0.1) is 10.6 Å². The SMILES string of the molecule is Cc1cc([N+](=O)[O-])ccc1N=c1sccn1Cc1ccccc1. The van der Waals surface area contributed by atoms with E-state index in [0.717, 1.165) is 22.6 Å². The molecule has 1 heterocycles. The molecule has 116 valence electrons. The molecule has 0 aliphatic heterocycles. The van der Waals surface area contributed by atoms with E-state index >= 15 is 0 Å². The molecule has 0 saturated carbocycles. The number of aromatic nitrogens is 1. The van der Waals surface area contributed by atoms with Crippen molar-refractivity contribution in [2.45, 2.75) is 13.5 Å². The van der Waals surface area contributed by atoms with E-state index in [1.807, 2.05) is 36.7 Å². The van der Waals surface area contributed by atoms with Gasteiger partial charge in [-0.25, -0.2) is 4.99 Å². The van der Waals surface area contributed by atoms with Crippen molar-refractivity contribution >= 4 is 22.7 Å². The Balaban J connectivity index is 1.95. The average molecular weight is 325 g/mol. The van der Waals surface area contributed by atoms with Crippen LogP contribution in [0.25, 0.3) is 0 Å². The van der Waals surface area contributed by atoms with Crippen LogP contribution in [-0.4, -0.2) is 9.49 Å². The summed E-state index contributed by atoms with van der Waals surface area (Å²) in [6.45, 7) is 2.58. The van der Waals surface area contributed by atoms with Crippen molar-refractivity contribution in [3.8, 4) is 0 Å². The molecule has 1 aromatic heterocycles. The van der Waals surface area contributed by atoms with Gasteiger partial charge in [0.1, 0.15) is 0 Å². The van der Waals surface area contributed by atoms with Crippen LogP contribution in [0.3, 0.4) is 0 Å². The lowest BCUT2D eigenvalue weighted by molar-refractivity contribution is -0.384. The molecule has 3 aromatic rings. The molecular weight excluding hydrogens is 310 g/mol. The minimum absolute atomic E-state index is 0.0878. The number of benzene rings is 2. The zero-order valence-corrected chi connectivity index (χ0v) is 13.4. The van der Waals surface area contributed by atoms with Gasteiger partial charge in [0.25, 0.3) is 5.69 Å². The van der Waals surface area contributed by atoms with Gasteiger partial charge in [0.15, 0.2) is 4.80 Å². The highest BCUT2D eigenvalue weighted by Gasteiger charge is 2.07. The lowest BCUT2D eigenvalue weighted by Crippen LogP contribution is -2.14. The normalized spacial score (nSPS) is 11.6. The molecular formula is C17H15N3O2S. The van der Waals surface area contributed by atoms with Gasteiger partial charge in [0, 0.05) is 30.3 Å². The summed E-state index contributed by atoms with van der Waals surface area (Å²) in [4.78, 5) is 15.9. The van der Waals surface area contributed by atoms with Crippen LogP contribution in [0.5, 0.6) is 0 Å². The Labute approximate surface area is 137 Å². The van der Waals surface area contributed by atoms with E-state index in [2.05, 4.69) is 21.7 Å². The van der Waals surface area contributed by atoms with Crippen molar-refractivity contribution in [3.05, 3.63) is 86.2 Å². The third-order valence-corrected chi connectivity index (χ3v) is 4.26. The highest BCUT2D eigenvalue weighted by molar-refractivity contribution is 7.07. The highest BCUT2D eigenvalue weighted by atomic mass is 32.1. The molecule has 3 rings (SSSR count). The summed E-state index contributed by atoms with van der Waals surface area (Å²) in [5.74, 6) is 0. The molecule has 0 N–H and O–H groups in total. The Morgan fingerprint density at radius 1 is 1.22 bits per heavy atom. The number of aryl methyl sites for hydroxylation is 1. The number of nitro groups is 1. The average Bonchev–Trinajstić information content (AvgIpc) is 2.97. The molecule has 5 nitrogen and oxygen atoms in total. The molecule has 0 radical (unpaired) electrons. The molecule has 0 spiro atoms. The number of nitrogens with zero attached hydrogens (tertiary/aromatic N) is 3. The second-order valence-electron chi connectivity index (χ2n) is 5.14. The second kappa shape index (κ2) is 6.58. The first-order valence-electron chi connectivity index (χ1n) is 7.11. The quantitative estimate of drug-likeness (QED) is 0.537. The van der Waals surface area contributed by atoms with Gasteiger partial charge in [-0.05, 0) is 24.1 Å². The van der Waals surface area contributed by atoms with Gasteiger partial charge in [-0.3, -0.25) is 10.1 Å². The zero-order chi connectivity index (χ0) is 16.2. The Bertz CT molecular complexity index is 897. The van der Waals surface area contributed by atoms with Gasteiger partial charge >= 0.3 is 0 Å². The molecule has 0 unspecified atom stereocenters. The van der Waals surface area contributed by atoms with Crippen molar-refractivity contribution in [2.75, 3.05) is 0 Å². The summed E-state index contributed by atoms with van der Waals surface area (Å²) in [6.07, 6.45) is 2.00. The van der Waals surface area contributed by atoms with Gasteiger partial charge in [0.2, 0.25) is 0 Å². The summed E-state index contributed by atoms with van der Waals surface area (Å²) >= 11 is 1.55. The van der Waals surface area contributed by atoms with Crippen molar-refractivity contribution in [1.82, 2.24) is 4.57 Å². The molecule has 0 bridgehead atoms. The third kappa shape index (κ3) is 3.54. The van der Waals surface area contributed by atoms with Gasteiger partial charge in [-0.1, -0.05) is 30.3 Å². The predicted octanol–water partition coefficient (Wildman–Crippen LogP) is 4.05. The number of thiazole rings is 1. The fraction of sp³-hybridized carbons (Fsp3) is 0.118. The number of hydrogen-bond acceptors (Lipinski definition) is 4. The Morgan fingerprint density at radius 3 is 2.70 bits per heavy atom. The first-order chi connectivity index (χ1) is 11.1. The monoisotopic (exact) mass is 325 g/mol. The van der Waals surface area contributed by atoms with Crippen molar-refractivity contribution < 1.29 is 4.92 Å². The van der Waals surface area contributed by atoms with Crippen molar-refractivity contribution in [2.24, 2.45) is 4.99 Å². The third-order valence-electron chi connectivity index (χ3n) is 3.46. The van der Waals surface area contributed by atoms with Crippen LogP contribution in [0.1, 0.15) is 11.1 Å². The lowest BCUT2D eigenvalue weighted by Gasteiger charge is -2.04. The predicted molar refractivity (Wildman–Crippen MR) is 90.9 cm³/mol.